The summed E-state index contributed by atoms with van der Waals surface area (Å²) in [7, 11) is 0. The molecule has 116 valence electrons. The molecule has 0 bridgehead atoms. The largest absolute Gasteiger partial charge is 0.378 e. The topological polar surface area (TPSA) is 78.7 Å². The van der Waals surface area contributed by atoms with Gasteiger partial charge in [-0.1, -0.05) is 0 Å². The van der Waals surface area contributed by atoms with E-state index in [0.717, 1.165) is 0 Å². The maximum atomic E-state index is 12.5. The average Bonchev–Trinajstić information content (AvgIpc) is 2.62. The molecular formula is C15H18N4O3. The normalized spacial score (nSPS) is 22.2. The lowest BCUT2D eigenvalue weighted by Crippen LogP contribution is -2.53. The fourth-order valence-corrected chi connectivity index (χ4v) is 2.66. The molecule has 0 aliphatic carbocycles. The maximum absolute atomic E-state index is 12.5. The molecule has 0 spiro atoms. The minimum atomic E-state index is -0.487. The first kappa shape index (κ1) is 14.8. The lowest BCUT2D eigenvalue weighted by Gasteiger charge is -2.36. The Bertz CT molecular complexity index is 580. The minimum Gasteiger partial charge on any atom is -0.378 e. The fraction of sp³-hybridized carbons (Fsp3) is 0.533. The van der Waals surface area contributed by atoms with Crippen molar-refractivity contribution >= 4 is 11.7 Å². The number of ether oxygens (including phenoxy) is 2. The number of aromatic nitrogens is 1. The summed E-state index contributed by atoms with van der Waals surface area (Å²) in [6, 6.07) is 5.51. The zero-order valence-electron chi connectivity index (χ0n) is 12.3. The van der Waals surface area contributed by atoms with Crippen molar-refractivity contribution in [3.63, 3.8) is 0 Å². The summed E-state index contributed by atoms with van der Waals surface area (Å²) in [6.07, 6.45) is 1.13. The summed E-state index contributed by atoms with van der Waals surface area (Å²) < 4.78 is 10.9. The molecule has 3 heterocycles. The highest BCUT2D eigenvalue weighted by Gasteiger charge is 2.31. The van der Waals surface area contributed by atoms with Gasteiger partial charge in [0.25, 0.3) is 5.91 Å². The molecule has 0 aromatic carbocycles. The predicted octanol–water partition coefficient (Wildman–Crippen LogP) is 0.0173. The SMILES string of the molecule is N#Cc1ccnc(N2CCOC(C(=O)N3CCOCC3)C2)c1. The zero-order chi connectivity index (χ0) is 15.4. The van der Waals surface area contributed by atoms with E-state index in [0.29, 0.717) is 57.4 Å². The van der Waals surface area contributed by atoms with Gasteiger partial charge in [0.15, 0.2) is 6.10 Å². The number of anilines is 1. The Hall–Kier alpha value is -2.17. The number of pyridine rings is 1. The van der Waals surface area contributed by atoms with E-state index in [1.165, 1.54) is 0 Å². The van der Waals surface area contributed by atoms with Gasteiger partial charge in [0.2, 0.25) is 0 Å². The molecule has 2 saturated heterocycles. The molecule has 1 aromatic heterocycles. The van der Waals surface area contributed by atoms with Crippen molar-refractivity contribution < 1.29 is 14.3 Å². The van der Waals surface area contributed by atoms with Gasteiger partial charge in [-0.3, -0.25) is 4.79 Å². The number of hydrogen-bond acceptors (Lipinski definition) is 6. The van der Waals surface area contributed by atoms with Gasteiger partial charge in [0.05, 0.1) is 38.0 Å². The molecule has 1 atom stereocenters. The van der Waals surface area contributed by atoms with Crippen LogP contribution in [-0.4, -0.2) is 67.9 Å². The first-order valence-corrected chi connectivity index (χ1v) is 7.37. The van der Waals surface area contributed by atoms with Crippen LogP contribution in [-0.2, 0) is 14.3 Å². The molecule has 1 unspecified atom stereocenters. The van der Waals surface area contributed by atoms with Crippen molar-refractivity contribution in [3.05, 3.63) is 23.9 Å². The Balaban J connectivity index is 1.68. The van der Waals surface area contributed by atoms with Gasteiger partial charge in [-0.05, 0) is 12.1 Å². The molecule has 3 rings (SSSR count). The van der Waals surface area contributed by atoms with Crippen LogP contribution in [0.4, 0.5) is 5.82 Å². The van der Waals surface area contributed by atoms with Crippen LogP contribution in [0.2, 0.25) is 0 Å². The van der Waals surface area contributed by atoms with E-state index < -0.39 is 6.10 Å². The van der Waals surface area contributed by atoms with Crippen LogP contribution in [0.15, 0.2) is 18.3 Å². The van der Waals surface area contributed by atoms with E-state index in [1.807, 2.05) is 4.90 Å². The van der Waals surface area contributed by atoms with E-state index in [-0.39, 0.29) is 5.91 Å². The van der Waals surface area contributed by atoms with Crippen molar-refractivity contribution in [2.24, 2.45) is 0 Å². The number of nitriles is 1. The molecule has 0 radical (unpaired) electrons. The lowest BCUT2D eigenvalue weighted by atomic mass is 10.2. The molecule has 0 N–H and O–H groups in total. The third-order valence-electron chi connectivity index (χ3n) is 3.86. The molecule has 0 saturated carbocycles. The van der Waals surface area contributed by atoms with Gasteiger partial charge in [0, 0.05) is 25.8 Å². The fourth-order valence-electron chi connectivity index (χ4n) is 2.66. The van der Waals surface area contributed by atoms with Crippen LogP contribution < -0.4 is 4.90 Å². The Labute approximate surface area is 129 Å². The number of hydrogen-bond donors (Lipinski definition) is 0. The van der Waals surface area contributed by atoms with Crippen molar-refractivity contribution in [1.82, 2.24) is 9.88 Å². The molecule has 2 aliphatic rings. The van der Waals surface area contributed by atoms with Crippen LogP contribution in [0.1, 0.15) is 5.56 Å². The Morgan fingerprint density at radius 3 is 2.91 bits per heavy atom. The van der Waals surface area contributed by atoms with E-state index in [4.69, 9.17) is 14.7 Å². The number of carbonyl (C=O) groups excluding carboxylic acids is 1. The second kappa shape index (κ2) is 6.73. The first-order chi connectivity index (χ1) is 10.8. The Morgan fingerprint density at radius 2 is 2.14 bits per heavy atom. The number of amides is 1. The van der Waals surface area contributed by atoms with Crippen molar-refractivity contribution in [2.75, 3.05) is 50.9 Å². The highest BCUT2D eigenvalue weighted by atomic mass is 16.5. The number of carbonyl (C=O) groups is 1. The first-order valence-electron chi connectivity index (χ1n) is 7.37. The van der Waals surface area contributed by atoms with Crippen molar-refractivity contribution in [3.8, 4) is 6.07 Å². The highest BCUT2D eigenvalue weighted by molar-refractivity contribution is 5.82. The molecule has 2 aliphatic heterocycles. The number of morpholine rings is 2. The maximum Gasteiger partial charge on any atom is 0.253 e. The molecule has 7 nitrogen and oxygen atoms in total. The second-order valence-electron chi connectivity index (χ2n) is 5.26. The van der Waals surface area contributed by atoms with Gasteiger partial charge in [-0.25, -0.2) is 4.98 Å². The van der Waals surface area contributed by atoms with E-state index in [9.17, 15) is 4.79 Å². The third kappa shape index (κ3) is 3.18. The van der Waals surface area contributed by atoms with E-state index >= 15 is 0 Å². The van der Waals surface area contributed by atoms with Crippen molar-refractivity contribution in [2.45, 2.75) is 6.10 Å². The van der Waals surface area contributed by atoms with Gasteiger partial charge >= 0.3 is 0 Å². The summed E-state index contributed by atoms with van der Waals surface area (Å²) in [5, 5.41) is 8.98. The number of nitrogens with zero attached hydrogens (tertiary/aromatic N) is 4. The van der Waals surface area contributed by atoms with Crippen molar-refractivity contribution in [1.29, 1.82) is 5.26 Å². The van der Waals surface area contributed by atoms with Gasteiger partial charge in [-0.15, -0.1) is 0 Å². The molecule has 7 heteroatoms. The summed E-state index contributed by atoms with van der Waals surface area (Å²) in [5.41, 5.74) is 0.563. The smallest absolute Gasteiger partial charge is 0.253 e. The summed E-state index contributed by atoms with van der Waals surface area (Å²) in [5.74, 6) is 0.714. The monoisotopic (exact) mass is 302 g/mol. The van der Waals surface area contributed by atoms with Gasteiger partial charge in [-0.2, -0.15) is 5.26 Å². The van der Waals surface area contributed by atoms with Gasteiger partial charge < -0.3 is 19.3 Å². The standard InChI is InChI=1S/C15H18N4O3/c16-10-12-1-2-17-14(9-12)19-5-8-22-13(11-19)15(20)18-3-6-21-7-4-18/h1-2,9,13H,3-8,11H2. The van der Waals surface area contributed by atoms with Crippen LogP contribution in [0.3, 0.4) is 0 Å². The van der Waals surface area contributed by atoms with Gasteiger partial charge in [0.1, 0.15) is 5.82 Å². The average molecular weight is 302 g/mol. The molecule has 2 fully saturated rings. The Morgan fingerprint density at radius 1 is 1.32 bits per heavy atom. The van der Waals surface area contributed by atoms with Crippen LogP contribution in [0.5, 0.6) is 0 Å². The Kier molecular flexibility index (Phi) is 4.51. The molecule has 1 amide bonds. The summed E-state index contributed by atoms with van der Waals surface area (Å²) >= 11 is 0. The summed E-state index contributed by atoms with van der Waals surface area (Å²) in [4.78, 5) is 20.6. The molecule has 1 aromatic rings. The van der Waals surface area contributed by atoms with Crippen LogP contribution in [0.25, 0.3) is 0 Å². The highest BCUT2D eigenvalue weighted by Crippen LogP contribution is 2.17. The molecular weight excluding hydrogens is 284 g/mol. The lowest BCUT2D eigenvalue weighted by molar-refractivity contribution is -0.148. The predicted molar refractivity (Wildman–Crippen MR) is 78.3 cm³/mol. The second-order valence-corrected chi connectivity index (χ2v) is 5.26. The summed E-state index contributed by atoms with van der Waals surface area (Å²) in [6.45, 7) is 3.97. The zero-order valence-corrected chi connectivity index (χ0v) is 12.3. The van der Waals surface area contributed by atoms with E-state index in [2.05, 4.69) is 11.1 Å². The molecule has 22 heavy (non-hydrogen) atoms. The van der Waals surface area contributed by atoms with E-state index in [1.54, 1.807) is 23.2 Å². The number of rotatable bonds is 2. The van der Waals surface area contributed by atoms with Crippen LogP contribution >= 0.6 is 0 Å². The third-order valence-corrected chi connectivity index (χ3v) is 3.86. The van der Waals surface area contributed by atoms with Crippen LogP contribution in [0, 0.1) is 11.3 Å². The minimum absolute atomic E-state index is 0.00411. The quantitative estimate of drug-likeness (QED) is 0.766.